The molecule has 1 saturated heterocycles. The van der Waals surface area contributed by atoms with Gasteiger partial charge in [0.2, 0.25) is 11.8 Å². The van der Waals surface area contributed by atoms with Gasteiger partial charge in [0, 0.05) is 32.5 Å². The van der Waals surface area contributed by atoms with Crippen molar-refractivity contribution >= 4 is 17.8 Å². The number of nitrogens with zero attached hydrogens (tertiary/aromatic N) is 1. The summed E-state index contributed by atoms with van der Waals surface area (Å²) in [7, 11) is 0. The van der Waals surface area contributed by atoms with Crippen LogP contribution in [0.1, 0.15) is 25.7 Å². The molecule has 7 nitrogen and oxygen atoms in total. The Balaban J connectivity index is 1.85. The highest BCUT2D eigenvalue weighted by molar-refractivity contribution is 5.91. The molecule has 0 aromatic heterocycles. The second-order valence-electron chi connectivity index (χ2n) is 5.55. The third-order valence-electron chi connectivity index (χ3n) is 3.79. The summed E-state index contributed by atoms with van der Waals surface area (Å²) in [6.45, 7) is 0.767. The van der Waals surface area contributed by atoms with Crippen LogP contribution in [0.3, 0.4) is 0 Å². The Hall–Kier alpha value is -1.63. The van der Waals surface area contributed by atoms with E-state index in [0.717, 1.165) is 12.8 Å². The van der Waals surface area contributed by atoms with Crippen molar-refractivity contribution in [1.82, 2.24) is 10.2 Å². The highest BCUT2D eigenvalue weighted by Gasteiger charge is 2.38. The summed E-state index contributed by atoms with van der Waals surface area (Å²) >= 11 is 0. The van der Waals surface area contributed by atoms with Gasteiger partial charge in [0.25, 0.3) is 0 Å². The maximum absolute atomic E-state index is 12.0. The quantitative estimate of drug-likeness (QED) is 0.567. The number of aliphatic hydroxyl groups is 1. The molecule has 2 rings (SSSR count). The SMILES string of the molecule is O=C(NC(CCO)C(=O)O)C1CC(=O)N(CC2CC2)C1. The number of likely N-dealkylation sites (tertiary alicyclic amines) is 1. The number of carboxylic acid groups (broad SMARTS) is 1. The number of nitrogens with one attached hydrogen (secondary N) is 1. The third kappa shape index (κ3) is 3.69. The molecule has 2 atom stereocenters. The number of carbonyl (C=O) groups excluding carboxylic acids is 2. The highest BCUT2D eigenvalue weighted by atomic mass is 16.4. The summed E-state index contributed by atoms with van der Waals surface area (Å²) in [5.41, 5.74) is 0. The molecule has 0 radical (unpaired) electrons. The van der Waals surface area contributed by atoms with Crippen molar-refractivity contribution in [3.05, 3.63) is 0 Å². The molecule has 1 heterocycles. The van der Waals surface area contributed by atoms with Crippen LogP contribution >= 0.6 is 0 Å². The summed E-state index contributed by atoms with van der Waals surface area (Å²) in [6.07, 6.45) is 2.38. The lowest BCUT2D eigenvalue weighted by molar-refractivity contribution is -0.142. The minimum Gasteiger partial charge on any atom is -0.480 e. The van der Waals surface area contributed by atoms with Crippen LogP contribution in [0.4, 0.5) is 0 Å². The number of carboxylic acids is 1. The lowest BCUT2D eigenvalue weighted by atomic mass is 10.1. The molecule has 112 valence electrons. The molecule has 7 heteroatoms. The van der Waals surface area contributed by atoms with E-state index in [1.54, 1.807) is 4.90 Å². The van der Waals surface area contributed by atoms with Crippen molar-refractivity contribution in [3.63, 3.8) is 0 Å². The lowest BCUT2D eigenvalue weighted by Gasteiger charge is -2.18. The van der Waals surface area contributed by atoms with Crippen LogP contribution in [0.2, 0.25) is 0 Å². The van der Waals surface area contributed by atoms with Gasteiger partial charge in [-0.2, -0.15) is 0 Å². The summed E-state index contributed by atoms with van der Waals surface area (Å²) in [5, 5.41) is 20.1. The van der Waals surface area contributed by atoms with Gasteiger partial charge >= 0.3 is 5.97 Å². The Morgan fingerprint density at radius 2 is 2.10 bits per heavy atom. The number of hydrogen-bond donors (Lipinski definition) is 3. The summed E-state index contributed by atoms with van der Waals surface area (Å²) < 4.78 is 0. The van der Waals surface area contributed by atoms with E-state index in [9.17, 15) is 14.4 Å². The fourth-order valence-electron chi connectivity index (χ4n) is 2.41. The molecule has 0 spiro atoms. The zero-order valence-electron chi connectivity index (χ0n) is 11.2. The molecule has 2 fully saturated rings. The van der Waals surface area contributed by atoms with E-state index in [-0.39, 0.29) is 25.4 Å². The minimum absolute atomic E-state index is 0.0342. The Bertz CT molecular complexity index is 408. The minimum atomic E-state index is -1.17. The molecule has 0 bridgehead atoms. The van der Waals surface area contributed by atoms with Crippen molar-refractivity contribution < 1.29 is 24.6 Å². The second-order valence-corrected chi connectivity index (χ2v) is 5.55. The topological polar surface area (TPSA) is 107 Å². The van der Waals surface area contributed by atoms with Gasteiger partial charge in [0.1, 0.15) is 6.04 Å². The highest BCUT2D eigenvalue weighted by Crippen LogP contribution is 2.32. The van der Waals surface area contributed by atoms with Crippen molar-refractivity contribution in [2.75, 3.05) is 19.7 Å². The largest absolute Gasteiger partial charge is 0.480 e. The van der Waals surface area contributed by atoms with E-state index in [0.29, 0.717) is 19.0 Å². The first-order chi connectivity index (χ1) is 9.51. The number of rotatable bonds is 7. The Labute approximate surface area is 116 Å². The molecule has 2 unspecified atom stereocenters. The average Bonchev–Trinajstić information content (AvgIpc) is 3.12. The van der Waals surface area contributed by atoms with Gasteiger partial charge in [0.05, 0.1) is 5.92 Å². The molecule has 3 N–H and O–H groups in total. The van der Waals surface area contributed by atoms with E-state index in [1.807, 2.05) is 0 Å². The maximum atomic E-state index is 12.0. The fraction of sp³-hybridized carbons (Fsp3) is 0.769. The van der Waals surface area contributed by atoms with Gasteiger partial charge in [-0.3, -0.25) is 9.59 Å². The number of aliphatic carboxylic acids is 1. The van der Waals surface area contributed by atoms with Crippen molar-refractivity contribution in [2.24, 2.45) is 11.8 Å². The first-order valence-electron chi connectivity index (χ1n) is 6.93. The van der Waals surface area contributed by atoms with Gasteiger partial charge in [0.15, 0.2) is 0 Å². The molecule has 1 aliphatic carbocycles. The Morgan fingerprint density at radius 3 is 2.65 bits per heavy atom. The normalized spacial score (nSPS) is 23.8. The Morgan fingerprint density at radius 1 is 1.40 bits per heavy atom. The third-order valence-corrected chi connectivity index (χ3v) is 3.79. The Kier molecular flexibility index (Phi) is 4.59. The van der Waals surface area contributed by atoms with Crippen LogP contribution in [0.5, 0.6) is 0 Å². The molecule has 1 saturated carbocycles. The van der Waals surface area contributed by atoms with Gasteiger partial charge < -0.3 is 20.4 Å². The molecule has 2 amide bonds. The monoisotopic (exact) mass is 284 g/mol. The zero-order chi connectivity index (χ0) is 14.7. The maximum Gasteiger partial charge on any atom is 0.326 e. The predicted molar refractivity (Wildman–Crippen MR) is 68.7 cm³/mol. The number of hydrogen-bond acceptors (Lipinski definition) is 4. The van der Waals surface area contributed by atoms with E-state index in [1.165, 1.54) is 0 Å². The van der Waals surface area contributed by atoms with Crippen LogP contribution < -0.4 is 5.32 Å². The van der Waals surface area contributed by atoms with E-state index >= 15 is 0 Å². The molecular formula is C13H20N2O5. The summed E-state index contributed by atoms with van der Waals surface area (Å²) in [6, 6.07) is -1.10. The fourth-order valence-corrected chi connectivity index (χ4v) is 2.41. The van der Waals surface area contributed by atoms with Crippen LogP contribution in [0.15, 0.2) is 0 Å². The molecule has 2 aliphatic rings. The van der Waals surface area contributed by atoms with Gasteiger partial charge in [-0.15, -0.1) is 0 Å². The van der Waals surface area contributed by atoms with Gasteiger partial charge in [-0.25, -0.2) is 4.79 Å². The summed E-state index contributed by atoms with van der Waals surface area (Å²) in [5.74, 6) is -1.54. The van der Waals surface area contributed by atoms with Gasteiger partial charge in [-0.1, -0.05) is 0 Å². The second kappa shape index (κ2) is 6.21. The number of carbonyl (C=O) groups is 3. The van der Waals surface area contributed by atoms with Crippen molar-refractivity contribution in [2.45, 2.75) is 31.7 Å². The molecule has 0 aromatic carbocycles. The van der Waals surface area contributed by atoms with Gasteiger partial charge in [-0.05, 0) is 18.8 Å². The number of aliphatic hydroxyl groups excluding tert-OH is 1. The first kappa shape index (κ1) is 14.8. The average molecular weight is 284 g/mol. The lowest BCUT2D eigenvalue weighted by Crippen LogP contribution is -2.44. The van der Waals surface area contributed by atoms with E-state index in [2.05, 4.69) is 5.32 Å². The van der Waals surface area contributed by atoms with Crippen LogP contribution in [-0.2, 0) is 14.4 Å². The molecule has 1 aliphatic heterocycles. The van der Waals surface area contributed by atoms with E-state index in [4.69, 9.17) is 10.2 Å². The number of amides is 2. The molecule has 20 heavy (non-hydrogen) atoms. The predicted octanol–water partition coefficient (Wildman–Crippen LogP) is -0.803. The molecular weight excluding hydrogens is 264 g/mol. The smallest absolute Gasteiger partial charge is 0.326 e. The van der Waals surface area contributed by atoms with Crippen molar-refractivity contribution in [3.8, 4) is 0 Å². The molecule has 0 aromatic rings. The van der Waals surface area contributed by atoms with Crippen LogP contribution in [0.25, 0.3) is 0 Å². The van der Waals surface area contributed by atoms with E-state index < -0.39 is 23.8 Å². The van der Waals surface area contributed by atoms with Crippen LogP contribution in [0, 0.1) is 11.8 Å². The summed E-state index contributed by atoms with van der Waals surface area (Å²) in [4.78, 5) is 36.4. The zero-order valence-corrected chi connectivity index (χ0v) is 11.2. The van der Waals surface area contributed by atoms with Crippen molar-refractivity contribution in [1.29, 1.82) is 0 Å². The first-order valence-corrected chi connectivity index (χ1v) is 6.93. The van der Waals surface area contributed by atoms with Crippen LogP contribution in [-0.4, -0.2) is 58.6 Å². The standard InChI is InChI=1S/C13H20N2O5/c16-4-3-10(13(19)20)14-12(18)9-5-11(17)15(7-9)6-8-1-2-8/h8-10,16H,1-7H2,(H,14,18)(H,19,20).